The van der Waals surface area contributed by atoms with Crippen LogP contribution in [0.3, 0.4) is 0 Å². The number of hydrogen-bond acceptors (Lipinski definition) is 2. The molecule has 0 aliphatic heterocycles. The lowest BCUT2D eigenvalue weighted by molar-refractivity contribution is 0.0473. The summed E-state index contributed by atoms with van der Waals surface area (Å²) in [5.74, 6) is -0.375. The van der Waals surface area contributed by atoms with Gasteiger partial charge < -0.3 is 4.74 Å². The summed E-state index contributed by atoms with van der Waals surface area (Å²) in [6, 6.07) is 24.9. The van der Waals surface area contributed by atoms with E-state index in [1.807, 2.05) is 42.5 Å². The highest BCUT2D eigenvalue weighted by Gasteiger charge is 2.07. The molecule has 0 N–H and O–H groups in total. The van der Waals surface area contributed by atoms with Crippen LogP contribution in [0.2, 0.25) is 5.02 Å². The van der Waals surface area contributed by atoms with Crippen molar-refractivity contribution in [3.8, 4) is 11.1 Å². The molecule has 23 heavy (non-hydrogen) atoms. The molecule has 0 amide bonds. The first-order valence-electron chi connectivity index (χ1n) is 7.29. The van der Waals surface area contributed by atoms with Crippen LogP contribution in [0, 0.1) is 0 Å². The highest BCUT2D eigenvalue weighted by molar-refractivity contribution is 6.30. The first-order valence-corrected chi connectivity index (χ1v) is 7.67. The lowest BCUT2D eigenvalue weighted by Crippen LogP contribution is -2.05. The van der Waals surface area contributed by atoms with Gasteiger partial charge in [-0.2, -0.15) is 0 Å². The molecule has 0 radical (unpaired) electrons. The topological polar surface area (TPSA) is 26.3 Å². The van der Waals surface area contributed by atoms with Crippen LogP contribution >= 0.6 is 11.6 Å². The molecule has 0 saturated heterocycles. The highest BCUT2D eigenvalue weighted by atomic mass is 35.5. The average Bonchev–Trinajstić information content (AvgIpc) is 2.61. The largest absolute Gasteiger partial charge is 0.457 e. The third-order valence-electron chi connectivity index (χ3n) is 3.49. The summed E-state index contributed by atoms with van der Waals surface area (Å²) in [5.41, 5.74) is 3.70. The average molecular weight is 323 g/mol. The number of carbonyl (C=O) groups excluding carboxylic acids is 1. The summed E-state index contributed by atoms with van der Waals surface area (Å²) in [6.45, 7) is 0.237. The van der Waals surface area contributed by atoms with E-state index in [2.05, 4.69) is 12.1 Å². The zero-order valence-electron chi connectivity index (χ0n) is 12.4. The van der Waals surface area contributed by atoms with E-state index >= 15 is 0 Å². The van der Waals surface area contributed by atoms with Crippen molar-refractivity contribution in [2.24, 2.45) is 0 Å². The molecule has 0 atom stereocenters. The first-order chi connectivity index (χ1) is 11.2. The van der Waals surface area contributed by atoms with E-state index in [0.29, 0.717) is 10.6 Å². The fourth-order valence-electron chi connectivity index (χ4n) is 2.27. The van der Waals surface area contributed by atoms with E-state index in [1.165, 1.54) is 0 Å². The number of ether oxygens (including phenoxy) is 1. The maximum absolute atomic E-state index is 12.0. The maximum Gasteiger partial charge on any atom is 0.338 e. The van der Waals surface area contributed by atoms with E-state index in [1.54, 1.807) is 24.3 Å². The van der Waals surface area contributed by atoms with Crippen LogP contribution in [-0.4, -0.2) is 5.97 Å². The lowest BCUT2D eigenvalue weighted by atomic mass is 10.0. The Morgan fingerprint density at radius 3 is 2.22 bits per heavy atom. The SMILES string of the molecule is O=C(OCc1ccc(-c2ccccc2)cc1)c1cccc(Cl)c1. The minimum atomic E-state index is -0.375. The number of benzene rings is 3. The van der Waals surface area contributed by atoms with Crippen molar-refractivity contribution in [3.63, 3.8) is 0 Å². The van der Waals surface area contributed by atoms with Gasteiger partial charge >= 0.3 is 5.97 Å². The van der Waals surface area contributed by atoms with Crippen LogP contribution in [0.1, 0.15) is 15.9 Å². The minimum Gasteiger partial charge on any atom is -0.457 e. The second kappa shape index (κ2) is 7.12. The Morgan fingerprint density at radius 2 is 1.52 bits per heavy atom. The van der Waals surface area contributed by atoms with Gasteiger partial charge in [-0.3, -0.25) is 0 Å². The van der Waals surface area contributed by atoms with Crippen LogP contribution in [0.25, 0.3) is 11.1 Å². The summed E-state index contributed by atoms with van der Waals surface area (Å²) >= 11 is 5.87. The smallest absolute Gasteiger partial charge is 0.338 e. The van der Waals surface area contributed by atoms with E-state index in [0.717, 1.165) is 16.7 Å². The van der Waals surface area contributed by atoms with E-state index in [-0.39, 0.29) is 12.6 Å². The fraction of sp³-hybridized carbons (Fsp3) is 0.0500. The molecule has 3 heteroatoms. The molecular weight excluding hydrogens is 308 g/mol. The van der Waals surface area contributed by atoms with Gasteiger partial charge in [-0.15, -0.1) is 0 Å². The molecule has 0 heterocycles. The molecule has 0 aliphatic carbocycles. The predicted octanol–water partition coefficient (Wildman–Crippen LogP) is 5.36. The molecular formula is C20H15ClO2. The van der Waals surface area contributed by atoms with Gasteiger partial charge in [0.05, 0.1) is 5.56 Å². The summed E-state index contributed by atoms with van der Waals surface area (Å²) < 4.78 is 5.32. The van der Waals surface area contributed by atoms with Crippen molar-refractivity contribution in [1.82, 2.24) is 0 Å². The molecule has 114 valence electrons. The van der Waals surface area contributed by atoms with Gasteiger partial charge in [-0.05, 0) is 34.9 Å². The van der Waals surface area contributed by atoms with Gasteiger partial charge in [-0.25, -0.2) is 4.79 Å². The Bertz CT molecular complexity index is 795. The zero-order valence-corrected chi connectivity index (χ0v) is 13.2. The third-order valence-corrected chi connectivity index (χ3v) is 3.73. The molecule has 3 rings (SSSR count). The molecule has 0 bridgehead atoms. The Hall–Kier alpha value is -2.58. The quantitative estimate of drug-likeness (QED) is 0.604. The van der Waals surface area contributed by atoms with Crippen molar-refractivity contribution in [3.05, 3.63) is 95.0 Å². The first kappa shape index (κ1) is 15.3. The van der Waals surface area contributed by atoms with Crippen LogP contribution in [0.15, 0.2) is 78.9 Å². The molecule has 0 fully saturated rings. The van der Waals surface area contributed by atoms with Gasteiger partial charge in [0, 0.05) is 5.02 Å². The number of rotatable bonds is 4. The second-order valence-corrected chi connectivity index (χ2v) is 5.59. The van der Waals surface area contributed by atoms with Crippen LogP contribution < -0.4 is 0 Å². The molecule has 0 aromatic heterocycles. The second-order valence-electron chi connectivity index (χ2n) is 5.15. The third kappa shape index (κ3) is 3.99. The molecule has 0 aliphatic rings. The maximum atomic E-state index is 12.0. The van der Waals surface area contributed by atoms with Crippen LogP contribution in [0.5, 0.6) is 0 Å². The summed E-state index contributed by atoms with van der Waals surface area (Å²) in [6.07, 6.45) is 0. The number of esters is 1. The summed E-state index contributed by atoms with van der Waals surface area (Å²) in [4.78, 5) is 12.0. The van der Waals surface area contributed by atoms with E-state index in [4.69, 9.17) is 16.3 Å². The summed E-state index contributed by atoms with van der Waals surface area (Å²) in [5, 5.41) is 0.520. The van der Waals surface area contributed by atoms with Gasteiger partial charge in [0.1, 0.15) is 6.61 Å². The monoisotopic (exact) mass is 322 g/mol. The van der Waals surface area contributed by atoms with Crippen molar-refractivity contribution < 1.29 is 9.53 Å². The van der Waals surface area contributed by atoms with Crippen molar-refractivity contribution in [2.45, 2.75) is 6.61 Å². The van der Waals surface area contributed by atoms with Crippen molar-refractivity contribution in [1.29, 1.82) is 0 Å². The normalized spacial score (nSPS) is 10.3. The standard InChI is InChI=1S/C20H15ClO2/c21-19-8-4-7-18(13-19)20(22)23-14-15-9-11-17(12-10-15)16-5-2-1-3-6-16/h1-13H,14H2. The molecule has 3 aromatic rings. The molecule has 3 aromatic carbocycles. The zero-order chi connectivity index (χ0) is 16.1. The highest BCUT2D eigenvalue weighted by Crippen LogP contribution is 2.20. The number of hydrogen-bond donors (Lipinski definition) is 0. The van der Waals surface area contributed by atoms with E-state index in [9.17, 15) is 4.79 Å². The van der Waals surface area contributed by atoms with Gasteiger partial charge in [0.25, 0.3) is 0 Å². The fourth-order valence-corrected chi connectivity index (χ4v) is 2.46. The van der Waals surface area contributed by atoms with Crippen molar-refractivity contribution in [2.75, 3.05) is 0 Å². The van der Waals surface area contributed by atoms with Crippen molar-refractivity contribution >= 4 is 17.6 Å². The van der Waals surface area contributed by atoms with Gasteiger partial charge in [0.15, 0.2) is 0 Å². The molecule has 0 unspecified atom stereocenters. The molecule has 0 saturated carbocycles. The predicted molar refractivity (Wildman–Crippen MR) is 92.4 cm³/mol. The Balaban J connectivity index is 1.64. The number of carbonyl (C=O) groups is 1. The summed E-state index contributed by atoms with van der Waals surface area (Å²) in [7, 11) is 0. The molecule has 2 nitrogen and oxygen atoms in total. The van der Waals surface area contributed by atoms with Crippen LogP contribution in [0.4, 0.5) is 0 Å². The van der Waals surface area contributed by atoms with E-state index < -0.39 is 0 Å². The Kier molecular flexibility index (Phi) is 4.74. The van der Waals surface area contributed by atoms with Gasteiger partial charge in [-0.1, -0.05) is 72.3 Å². The Morgan fingerprint density at radius 1 is 0.826 bits per heavy atom. The minimum absolute atomic E-state index is 0.237. The lowest BCUT2D eigenvalue weighted by Gasteiger charge is -2.07. The van der Waals surface area contributed by atoms with Crippen LogP contribution in [-0.2, 0) is 11.3 Å². The Labute approximate surface area is 140 Å². The molecule has 0 spiro atoms. The van der Waals surface area contributed by atoms with Gasteiger partial charge in [0.2, 0.25) is 0 Å². The number of halogens is 1.